The number of hydrogen-bond acceptors (Lipinski definition) is 5. The highest BCUT2D eigenvalue weighted by atomic mass is 32.1. The van der Waals surface area contributed by atoms with E-state index in [9.17, 15) is 0 Å². The molecule has 0 fully saturated rings. The Bertz CT molecular complexity index is 517. The first kappa shape index (κ1) is 11.7. The average molecular weight is 249 g/mol. The van der Waals surface area contributed by atoms with Crippen molar-refractivity contribution < 1.29 is 4.74 Å². The Kier molecular flexibility index (Phi) is 3.19. The molecule has 0 radical (unpaired) electrons. The summed E-state index contributed by atoms with van der Waals surface area (Å²) < 4.78 is 5.17. The Morgan fingerprint density at radius 1 is 1.35 bits per heavy atom. The van der Waals surface area contributed by atoms with Crippen molar-refractivity contribution in [2.45, 2.75) is 13.8 Å². The minimum atomic E-state index is 0.629. The standard InChI is InChI=1S/C12H15N3OS/c1-7-8(2)17-12(14-7)15-9-4-5-10(13)11(6-9)16-3/h4-6H,13H2,1-3H3,(H,14,15). The number of methoxy groups -OCH3 is 1. The van der Waals surface area contributed by atoms with Crippen molar-refractivity contribution in [3.05, 3.63) is 28.8 Å². The van der Waals surface area contributed by atoms with Gasteiger partial charge in [-0.1, -0.05) is 0 Å². The molecule has 1 heterocycles. The maximum absolute atomic E-state index is 5.76. The zero-order chi connectivity index (χ0) is 12.4. The lowest BCUT2D eigenvalue weighted by Crippen LogP contribution is -1.95. The molecular weight excluding hydrogens is 234 g/mol. The second-order valence-electron chi connectivity index (χ2n) is 3.74. The molecule has 0 aliphatic heterocycles. The lowest BCUT2D eigenvalue weighted by Gasteiger charge is -2.07. The van der Waals surface area contributed by atoms with Crippen LogP contribution in [0.3, 0.4) is 0 Å². The molecule has 2 aromatic rings. The number of nitrogen functional groups attached to an aromatic ring is 1. The fraction of sp³-hybridized carbons (Fsp3) is 0.250. The van der Waals surface area contributed by atoms with Crippen LogP contribution in [-0.2, 0) is 0 Å². The lowest BCUT2D eigenvalue weighted by molar-refractivity contribution is 0.417. The zero-order valence-corrected chi connectivity index (χ0v) is 10.9. The lowest BCUT2D eigenvalue weighted by atomic mass is 10.2. The van der Waals surface area contributed by atoms with E-state index in [1.165, 1.54) is 4.88 Å². The normalized spacial score (nSPS) is 10.3. The number of aryl methyl sites for hydroxylation is 2. The van der Waals surface area contributed by atoms with Crippen LogP contribution in [0.1, 0.15) is 10.6 Å². The van der Waals surface area contributed by atoms with Crippen molar-refractivity contribution in [2.24, 2.45) is 0 Å². The SMILES string of the molecule is COc1cc(Nc2nc(C)c(C)s2)ccc1N. The van der Waals surface area contributed by atoms with E-state index in [1.807, 2.05) is 25.1 Å². The Morgan fingerprint density at radius 2 is 2.12 bits per heavy atom. The largest absolute Gasteiger partial charge is 0.495 e. The van der Waals surface area contributed by atoms with Gasteiger partial charge in [-0.15, -0.1) is 11.3 Å². The van der Waals surface area contributed by atoms with Gasteiger partial charge < -0.3 is 15.8 Å². The van der Waals surface area contributed by atoms with Gasteiger partial charge in [-0.05, 0) is 26.0 Å². The number of hydrogen-bond donors (Lipinski definition) is 2. The van der Waals surface area contributed by atoms with Crippen molar-refractivity contribution in [1.29, 1.82) is 0 Å². The van der Waals surface area contributed by atoms with Crippen molar-refractivity contribution >= 4 is 27.8 Å². The topological polar surface area (TPSA) is 60.2 Å². The van der Waals surface area contributed by atoms with Crippen LogP contribution >= 0.6 is 11.3 Å². The van der Waals surface area contributed by atoms with E-state index in [-0.39, 0.29) is 0 Å². The number of anilines is 3. The number of ether oxygens (including phenoxy) is 1. The van der Waals surface area contributed by atoms with Crippen LogP contribution in [-0.4, -0.2) is 12.1 Å². The fourth-order valence-electron chi connectivity index (χ4n) is 1.44. The number of rotatable bonds is 3. The van der Waals surface area contributed by atoms with Gasteiger partial charge in [0, 0.05) is 16.6 Å². The van der Waals surface area contributed by atoms with Gasteiger partial charge in [0.2, 0.25) is 0 Å². The third kappa shape index (κ3) is 2.50. The summed E-state index contributed by atoms with van der Waals surface area (Å²) in [6.07, 6.45) is 0. The first-order chi connectivity index (χ1) is 8.10. The third-order valence-electron chi connectivity index (χ3n) is 2.51. The van der Waals surface area contributed by atoms with Crippen LogP contribution < -0.4 is 15.8 Å². The average Bonchev–Trinajstić information content (AvgIpc) is 2.61. The molecule has 0 spiro atoms. The molecule has 17 heavy (non-hydrogen) atoms. The summed E-state index contributed by atoms with van der Waals surface area (Å²) in [6, 6.07) is 5.58. The first-order valence-electron chi connectivity index (χ1n) is 5.24. The molecule has 90 valence electrons. The molecule has 0 saturated carbocycles. The van der Waals surface area contributed by atoms with Crippen LogP contribution in [0.25, 0.3) is 0 Å². The second kappa shape index (κ2) is 4.63. The molecule has 3 N–H and O–H groups in total. The van der Waals surface area contributed by atoms with Gasteiger partial charge in [-0.25, -0.2) is 4.98 Å². The summed E-state index contributed by atoms with van der Waals surface area (Å²) in [5.41, 5.74) is 8.36. The molecule has 5 heteroatoms. The van der Waals surface area contributed by atoms with E-state index in [2.05, 4.69) is 17.2 Å². The second-order valence-corrected chi connectivity index (χ2v) is 4.95. The number of thiazole rings is 1. The maximum Gasteiger partial charge on any atom is 0.187 e. The number of aromatic nitrogens is 1. The number of nitrogens with one attached hydrogen (secondary N) is 1. The molecule has 0 bridgehead atoms. The maximum atomic E-state index is 5.76. The smallest absolute Gasteiger partial charge is 0.187 e. The molecule has 0 saturated heterocycles. The Labute approximate surface area is 104 Å². The van der Waals surface area contributed by atoms with Gasteiger partial charge >= 0.3 is 0 Å². The third-order valence-corrected chi connectivity index (χ3v) is 3.50. The minimum Gasteiger partial charge on any atom is -0.495 e. The summed E-state index contributed by atoms with van der Waals surface area (Å²) in [4.78, 5) is 5.64. The minimum absolute atomic E-state index is 0.629. The highest BCUT2D eigenvalue weighted by Crippen LogP contribution is 2.29. The van der Waals surface area contributed by atoms with Gasteiger partial charge in [0.25, 0.3) is 0 Å². The zero-order valence-electron chi connectivity index (χ0n) is 10.1. The fourth-order valence-corrected chi connectivity index (χ4v) is 2.27. The molecule has 0 atom stereocenters. The van der Waals surface area contributed by atoms with Gasteiger partial charge in [0.15, 0.2) is 5.13 Å². The predicted molar refractivity (Wildman–Crippen MR) is 72.3 cm³/mol. The van der Waals surface area contributed by atoms with Gasteiger partial charge in [0.1, 0.15) is 5.75 Å². The first-order valence-corrected chi connectivity index (χ1v) is 6.06. The van der Waals surface area contributed by atoms with E-state index in [0.717, 1.165) is 16.5 Å². The van der Waals surface area contributed by atoms with E-state index >= 15 is 0 Å². The Hall–Kier alpha value is -1.75. The van der Waals surface area contributed by atoms with Crippen LogP contribution in [0.15, 0.2) is 18.2 Å². The van der Waals surface area contributed by atoms with Crippen LogP contribution in [0.2, 0.25) is 0 Å². The van der Waals surface area contributed by atoms with Crippen molar-refractivity contribution in [3.63, 3.8) is 0 Å². The van der Waals surface area contributed by atoms with Gasteiger partial charge in [-0.2, -0.15) is 0 Å². The highest BCUT2D eigenvalue weighted by molar-refractivity contribution is 7.15. The number of benzene rings is 1. The molecule has 1 aromatic carbocycles. The summed E-state index contributed by atoms with van der Waals surface area (Å²) in [5.74, 6) is 0.667. The quantitative estimate of drug-likeness (QED) is 0.821. The number of nitrogens with zero attached hydrogens (tertiary/aromatic N) is 1. The van der Waals surface area contributed by atoms with E-state index < -0.39 is 0 Å². The molecular formula is C12H15N3OS. The summed E-state index contributed by atoms with van der Waals surface area (Å²) >= 11 is 1.63. The Balaban J connectivity index is 2.24. The Morgan fingerprint density at radius 3 is 2.71 bits per heavy atom. The van der Waals surface area contributed by atoms with Crippen LogP contribution in [0.4, 0.5) is 16.5 Å². The molecule has 4 nitrogen and oxygen atoms in total. The predicted octanol–water partition coefficient (Wildman–Crippen LogP) is 3.09. The highest BCUT2D eigenvalue weighted by Gasteiger charge is 2.05. The summed E-state index contributed by atoms with van der Waals surface area (Å²) in [7, 11) is 1.60. The van der Waals surface area contributed by atoms with Gasteiger partial charge in [-0.3, -0.25) is 0 Å². The molecule has 0 amide bonds. The van der Waals surface area contributed by atoms with E-state index in [4.69, 9.17) is 10.5 Å². The van der Waals surface area contributed by atoms with Crippen LogP contribution in [0.5, 0.6) is 5.75 Å². The molecule has 2 rings (SSSR count). The summed E-state index contributed by atoms with van der Waals surface area (Å²) in [5, 5.41) is 4.12. The van der Waals surface area contributed by atoms with Gasteiger partial charge in [0.05, 0.1) is 18.5 Å². The van der Waals surface area contributed by atoms with E-state index in [1.54, 1.807) is 18.4 Å². The number of nitrogens with two attached hydrogens (primary N) is 1. The van der Waals surface area contributed by atoms with Crippen LogP contribution in [0, 0.1) is 13.8 Å². The summed E-state index contributed by atoms with van der Waals surface area (Å²) in [6.45, 7) is 4.06. The van der Waals surface area contributed by atoms with Crippen molar-refractivity contribution in [3.8, 4) is 5.75 Å². The monoisotopic (exact) mass is 249 g/mol. The molecule has 0 unspecified atom stereocenters. The van der Waals surface area contributed by atoms with Crippen molar-refractivity contribution in [2.75, 3.05) is 18.2 Å². The molecule has 1 aromatic heterocycles. The van der Waals surface area contributed by atoms with Crippen molar-refractivity contribution in [1.82, 2.24) is 4.98 Å². The molecule has 0 aliphatic rings. The molecule has 0 aliphatic carbocycles. The van der Waals surface area contributed by atoms with E-state index in [0.29, 0.717) is 11.4 Å².